The van der Waals surface area contributed by atoms with Gasteiger partial charge in [-0.1, -0.05) is 26.0 Å². The van der Waals surface area contributed by atoms with Crippen LogP contribution >= 0.6 is 0 Å². The molecule has 4 heteroatoms. The van der Waals surface area contributed by atoms with Crippen molar-refractivity contribution in [1.29, 1.82) is 0 Å². The van der Waals surface area contributed by atoms with Crippen molar-refractivity contribution in [3.63, 3.8) is 0 Å². The number of ether oxygens (including phenoxy) is 1. The number of amides is 1. The first kappa shape index (κ1) is 18.8. The van der Waals surface area contributed by atoms with E-state index in [0.717, 1.165) is 43.7 Å². The van der Waals surface area contributed by atoms with Crippen LogP contribution in [-0.4, -0.2) is 38.1 Å². The summed E-state index contributed by atoms with van der Waals surface area (Å²) in [5.41, 5.74) is 1.15. The molecule has 1 atom stereocenters. The van der Waals surface area contributed by atoms with Crippen LogP contribution < -0.4 is 10.1 Å². The molecule has 1 aromatic carbocycles. The van der Waals surface area contributed by atoms with Crippen LogP contribution in [0, 0.1) is 11.8 Å². The Hall–Kier alpha value is -1.55. The molecule has 0 spiro atoms. The van der Waals surface area contributed by atoms with Crippen molar-refractivity contribution in [2.75, 3.05) is 27.2 Å². The second kappa shape index (κ2) is 9.07. The van der Waals surface area contributed by atoms with E-state index in [1.807, 2.05) is 12.1 Å². The fraction of sp³-hybridized carbons (Fsp3) is 0.650. The van der Waals surface area contributed by atoms with Gasteiger partial charge in [-0.2, -0.15) is 0 Å². The van der Waals surface area contributed by atoms with Crippen molar-refractivity contribution in [2.45, 2.75) is 45.6 Å². The molecule has 0 unspecified atom stereocenters. The van der Waals surface area contributed by atoms with Gasteiger partial charge in [0, 0.05) is 6.42 Å². The molecule has 4 nitrogen and oxygen atoms in total. The SMILES string of the molecule is COc1ccc([C@H](CC(C)C)NC(=O)CC2CCN(C)CC2)cc1. The zero-order chi connectivity index (χ0) is 17.5. The number of rotatable bonds is 7. The van der Waals surface area contributed by atoms with Gasteiger partial charge in [0.1, 0.15) is 5.75 Å². The summed E-state index contributed by atoms with van der Waals surface area (Å²) in [7, 11) is 3.82. The first-order chi connectivity index (χ1) is 11.5. The van der Waals surface area contributed by atoms with Crippen molar-refractivity contribution < 1.29 is 9.53 Å². The average molecular weight is 332 g/mol. The van der Waals surface area contributed by atoms with Gasteiger partial charge in [-0.25, -0.2) is 0 Å². The van der Waals surface area contributed by atoms with E-state index in [4.69, 9.17) is 4.74 Å². The molecule has 0 aliphatic carbocycles. The van der Waals surface area contributed by atoms with E-state index >= 15 is 0 Å². The summed E-state index contributed by atoms with van der Waals surface area (Å²) in [6, 6.07) is 8.12. The third kappa shape index (κ3) is 5.82. The van der Waals surface area contributed by atoms with Crippen molar-refractivity contribution in [2.24, 2.45) is 11.8 Å². The second-order valence-corrected chi connectivity index (χ2v) is 7.47. The molecular weight excluding hydrogens is 300 g/mol. The summed E-state index contributed by atoms with van der Waals surface area (Å²) in [6.45, 7) is 6.59. The molecule has 1 amide bonds. The topological polar surface area (TPSA) is 41.6 Å². The molecule has 134 valence electrons. The van der Waals surface area contributed by atoms with Crippen LogP contribution in [0.2, 0.25) is 0 Å². The molecule has 2 rings (SSSR count). The van der Waals surface area contributed by atoms with Gasteiger partial charge in [0.15, 0.2) is 0 Å². The number of methoxy groups -OCH3 is 1. The Morgan fingerprint density at radius 1 is 1.25 bits per heavy atom. The van der Waals surface area contributed by atoms with E-state index < -0.39 is 0 Å². The second-order valence-electron chi connectivity index (χ2n) is 7.47. The molecule has 1 aromatic rings. The number of carbonyl (C=O) groups excluding carboxylic acids is 1. The lowest BCUT2D eigenvalue weighted by atomic mass is 9.92. The molecule has 1 N–H and O–H groups in total. The number of piperidine rings is 1. The van der Waals surface area contributed by atoms with Crippen molar-refractivity contribution in [3.8, 4) is 5.75 Å². The maximum absolute atomic E-state index is 12.5. The minimum Gasteiger partial charge on any atom is -0.497 e. The van der Waals surface area contributed by atoms with Crippen LogP contribution in [0.3, 0.4) is 0 Å². The Kier molecular flexibility index (Phi) is 7.10. The molecule has 1 fully saturated rings. The summed E-state index contributed by atoms with van der Waals surface area (Å²) < 4.78 is 5.23. The quantitative estimate of drug-likeness (QED) is 0.829. The van der Waals surface area contributed by atoms with E-state index in [1.165, 1.54) is 0 Å². The summed E-state index contributed by atoms with van der Waals surface area (Å²) in [4.78, 5) is 14.9. The Morgan fingerprint density at radius 3 is 2.42 bits per heavy atom. The minimum atomic E-state index is 0.0784. The number of hydrogen-bond donors (Lipinski definition) is 1. The number of nitrogens with one attached hydrogen (secondary N) is 1. The molecule has 1 heterocycles. The first-order valence-corrected chi connectivity index (χ1v) is 9.09. The van der Waals surface area contributed by atoms with Crippen LogP contribution in [0.4, 0.5) is 0 Å². The van der Waals surface area contributed by atoms with Crippen molar-refractivity contribution in [3.05, 3.63) is 29.8 Å². The largest absolute Gasteiger partial charge is 0.497 e. The van der Waals surface area contributed by atoms with E-state index in [1.54, 1.807) is 7.11 Å². The molecule has 0 bridgehead atoms. The summed E-state index contributed by atoms with van der Waals surface area (Å²) in [6.07, 6.45) is 3.85. The van der Waals surface area contributed by atoms with Gasteiger partial charge in [0.2, 0.25) is 5.91 Å². The standard InChI is InChI=1S/C20H32N2O2/c1-15(2)13-19(17-5-7-18(24-4)8-6-17)21-20(23)14-16-9-11-22(3)12-10-16/h5-8,15-16,19H,9-14H2,1-4H3,(H,21,23)/t19-/m0/s1. The highest BCUT2D eigenvalue weighted by Gasteiger charge is 2.22. The molecule has 1 saturated heterocycles. The van der Waals surface area contributed by atoms with Gasteiger partial charge in [-0.05, 0) is 68.9 Å². The van der Waals surface area contributed by atoms with Crippen molar-refractivity contribution >= 4 is 5.91 Å². The number of likely N-dealkylation sites (tertiary alicyclic amines) is 1. The molecule has 0 radical (unpaired) electrons. The number of benzene rings is 1. The van der Waals surface area contributed by atoms with E-state index in [0.29, 0.717) is 18.3 Å². The number of carbonyl (C=O) groups is 1. The van der Waals surface area contributed by atoms with Gasteiger partial charge >= 0.3 is 0 Å². The summed E-state index contributed by atoms with van der Waals surface area (Å²) in [5.74, 6) is 2.09. The van der Waals surface area contributed by atoms with E-state index in [2.05, 4.69) is 43.2 Å². The van der Waals surface area contributed by atoms with E-state index in [9.17, 15) is 4.79 Å². The zero-order valence-electron chi connectivity index (χ0n) is 15.5. The maximum atomic E-state index is 12.5. The fourth-order valence-corrected chi connectivity index (χ4v) is 3.37. The predicted molar refractivity (Wildman–Crippen MR) is 98.2 cm³/mol. The minimum absolute atomic E-state index is 0.0784. The Bertz CT molecular complexity index is 505. The highest BCUT2D eigenvalue weighted by atomic mass is 16.5. The molecule has 0 aromatic heterocycles. The molecule has 0 saturated carbocycles. The van der Waals surface area contributed by atoms with Gasteiger partial charge in [-0.15, -0.1) is 0 Å². The fourth-order valence-electron chi connectivity index (χ4n) is 3.37. The Balaban J connectivity index is 1.95. The lowest BCUT2D eigenvalue weighted by Crippen LogP contribution is -2.35. The maximum Gasteiger partial charge on any atom is 0.220 e. The third-order valence-electron chi connectivity index (χ3n) is 4.87. The molecule has 24 heavy (non-hydrogen) atoms. The van der Waals surface area contributed by atoms with Crippen LogP contribution in [0.5, 0.6) is 5.75 Å². The van der Waals surface area contributed by atoms with Gasteiger partial charge in [-0.3, -0.25) is 4.79 Å². The van der Waals surface area contributed by atoms with Gasteiger partial charge in [0.05, 0.1) is 13.2 Å². The lowest BCUT2D eigenvalue weighted by molar-refractivity contribution is -0.123. The Morgan fingerprint density at radius 2 is 1.88 bits per heavy atom. The number of nitrogens with zero attached hydrogens (tertiary/aromatic N) is 1. The van der Waals surface area contributed by atoms with Crippen molar-refractivity contribution in [1.82, 2.24) is 10.2 Å². The molecule has 1 aliphatic rings. The monoisotopic (exact) mass is 332 g/mol. The van der Waals surface area contributed by atoms with E-state index in [-0.39, 0.29) is 11.9 Å². The summed E-state index contributed by atoms with van der Waals surface area (Å²) in [5, 5.41) is 3.27. The molecular formula is C20H32N2O2. The highest BCUT2D eigenvalue weighted by molar-refractivity contribution is 5.76. The Labute approximate surface area is 146 Å². The van der Waals surface area contributed by atoms with Crippen LogP contribution in [0.25, 0.3) is 0 Å². The third-order valence-corrected chi connectivity index (χ3v) is 4.87. The van der Waals surface area contributed by atoms with Gasteiger partial charge in [0.25, 0.3) is 0 Å². The lowest BCUT2D eigenvalue weighted by Gasteiger charge is -2.29. The molecule has 1 aliphatic heterocycles. The zero-order valence-corrected chi connectivity index (χ0v) is 15.5. The highest BCUT2D eigenvalue weighted by Crippen LogP contribution is 2.25. The normalized spacial score (nSPS) is 17.7. The van der Waals surface area contributed by atoms with Gasteiger partial charge < -0.3 is 15.0 Å². The average Bonchev–Trinajstić information content (AvgIpc) is 2.56. The smallest absolute Gasteiger partial charge is 0.220 e. The van der Waals surface area contributed by atoms with Crippen LogP contribution in [-0.2, 0) is 4.79 Å². The summed E-state index contributed by atoms with van der Waals surface area (Å²) >= 11 is 0. The first-order valence-electron chi connectivity index (χ1n) is 9.09. The number of hydrogen-bond acceptors (Lipinski definition) is 3. The van der Waals surface area contributed by atoms with Crippen LogP contribution in [0.1, 0.15) is 51.1 Å². The van der Waals surface area contributed by atoms with Crippen LogP contribution in [0.15, 0.2) is 24.3 Å². The predicted octanol–water partition coefficient (Wildman–Crippen LogP) is 3.63.